The van der Waals surface area contributed by atoms with Gasteiger partial charge in [0.2, 0.25) is 5.91 Å². The second kappa shape index (κ2) is 8.84. The number of carbonyl (C=O) groups excluding carboxylic acids is 3. The molecule has 3 fully saturated rings. The maximum atomic E-state index is 13.6. The summed E-state index contributed by atoms with van der Waals surface area (Å²) in [6, 6.07) is 0.343. The number of aromatic nitrogens is 3. The molecule has 2 aromatic rings. The summed E-state index contributed by atoms with van der Waals surface area (Å²) < 4.78 is 5.50. The molecular formula is C21H22ClN5O4S. The molecule has 2 aromatic heterocycles. The second-order valence-electron chi connectivity index (χ2n) is 8.31. The minimum Gasteiger partial charge on any atom is -0.366 e. The van der Waals surface area contributed by atoms with E-state index in [9.17, 15) is 14.4 Å². The Labute approximate surface area is 193 Å². The summed E-state index contributed by atoms with van der Waals surface area (Å²) in [5, 5.41) is 2.73. The van der Waals surface area contributed by atoms with Crippen molar-refractivity contribution in [1.82, 2.24) is 25.2 Å². The number of alkyl halides is 1. The molecule has 4 heterocycles. The molecule has 0 radical (unpaired) electrons. The van der Waals surface area contributed by atoms with Crippen LogP contribution in [0.4, 0.5) is 0 Å². The lowest BCUT2D eigenvalue weighted by Gasteiger charge is -2.30. The van der Waals surface area contributed by atoms with Gasteiger partial charge in [-0.05, 0) is 24.8 Å². The Morgan fingerprint density at radius 3 is 2.84 bits per heavy atom. The summed E-state index contributed by atoms with van der Waals surface area (Å²) in [7, 11) is 0. The molecule has 5 rings (SSSR count). The van der Waals surface area contributed by atoms with Crippen LogP contribution in [-0.4, -0.2) is 74.2 Å². The van der Waals surface area contributed by atoms with Gasteiger partial charge in [-0.15, -0.1) is 22.9 Å². The van der Waals surface area contributed by atoms with E-state index in [1.165, 1.54) is 22.6 Å². The average Bonchev–Trinajstić information content (AvgIpc) is 3.59. The molecular weight excluding hydrogens is 454 g/mol. The Morgan fingerprint density at radius 2 is 2.09 bits per heavy atom. The monoisotopic (exact) mass is 475 g/mol. The lowest BCUT2D eigenvalue weighted by atomic mass is 9.96. The van der Waals surface area contributed by atoms with Gasteiger partial charge in [-0.1, -0.05) is 12.8 Å². The summed E-state index contributed by atoms with van der Waals surface area (Å²) in [5.41, 5.74) is 0.677. The number of hydrogen-bond acceptors (Lipinski definition) is 8. The predicted octanol–water partition coefficient (Wildman–Crippen LogP) is 1.67. The number of nitrogens with one attached hydrogen (secondary N) is 1. The first-order valence-electron chi connectivity index (χ1n) is 10.6. The fourth-order valence-corrected chi connectivity index (χ4v) is 5.97. The first-order chi connectivity index (χ1) is 15.5. The van der Waals surface area contributed by atoms with Gasteiger partial charge in [0.1, 0.15) is 31.1 Å². The van der Waals surface area contributed by atoms with E-state index in [2.05, 4.69) is 20.3 Å². The fourth-order valence-electron chi connectivity index (χ4n) is 4.81. The van der Waals surface area contributed by atoms with Crippen molar-refractivity contribution in [3.8, 4) is 10.6 Å². The predicted molar refractivity (Wildman–Crippen MR) is 116 cm³/mol. The lowest BCUT2D eigenvalue weighted by molar-refractivity contribution is -0.139. The van der Waals surface area contributed by atoms with Crippen LogP contribution in [-0.2, 0) is 14.3 Å². The highest BCUT2D eigenvalue weighted by Crippen LogP contribution is 2.34. The van der Waals surface area contributed by atoms with Crippen molar-refractivity contribution in [2.24, 2.45) is 5.92 Å². The zero-order chi connectivity index (χ0) is 22.2. The number of Topliss-reactive ketones (excluding diaryl/α,β-unsaturated/α-hetero) is 1. The number of likely N-dealkylation sites (tertiary alicyclic amines) is 1. The van der Waals surface area contributed by atoms with Gasteiger partial charge in [-0.3, -0.25) is 14.4 Å². The van der Waals surface area contributed by atoms with Crippen LogP contribution in [0, 0.1) is 5.92 Å². The molecule has 1 N–H and O–H groups in total. The van der Waals surface area contributed by atoms with E-state index in [1.807, 2.05) is 0 Å². The highest BCUT2D eigenvalue weighted by molar-refractivity contribution is 7.16. The van der Waals surface area contributed by atoms with Gasteiger partial charge in [0.25, 0.3) is 5.91 Å². The molecule has 2 amide bonds. The van der Waals surface area contributed by atoms with Crippen molar-refractivity contribution in [2.75, 3.05) is 13.2 Å². The number of rotatable bonds is 5. The molecule has 0 spiro atoms. The van der Waals surface area contributed by atoms with E-state index < -0.39 is 29.5 Å². The van der Waals surface area contributed by atoms with Crippen LogP contribution in [0.1, 0.15) is 35.5 Å². The van der Waals surface area contributed by atoms with Crippen molar-refractivity contribution in [3.63, 3.8) is 0 Å². The largest absolute Gasteiger partial charge is 0.366 e. The van der Waals surface area contributed by atoms with Gasteiger partial charge < -0.3 is 15.0 Å². The van der Waals surface area contributed by atoms with Crippen molar-refractivity contribution in [2.45, 2.75) is 49.2 Å². The van der Waals surface area contributed by atoms with Gasteiger partial charge in [0.15, 0.2) is 10.8 Å². The summed E-state index contributed by atoms with van der Waals surface area (Å²) in [6.45, 7) is 0.198. The highest BCUT2D eigenvalue weighted by atomic mass is 35.5. The van der Waals surface area contributed by atoms with Crippen LogP contribution >= 0.6 is 22.9 Å². The Kier molecular flexibility index (Phi) is 5.92. The number of amides is 2. The fraction of sp³-hybridized carbons (Fsp3) is 0.524. The molecule has 0 aromatic carbocycles. The Balaban J connectivity index is 1.36. The molecule has 2 aliphatic heterocycles. The van der Waals surface area contributed by atoms with Crippen LogP contribution in [0.3, 0.4) is 0 Å². The summed E-state index contributed by atoms with van der Waals surface area (Å²) in [6.07, 6.45) is 7.86. The maximum Gasteiger partial charge on any atom is 0.280 e. The number of ketones is 1. The first kappa shape index (κ1) is 21.4. The first-order valence-corrected chi connectivity index (χ1v) is 11.9. The number of thiazole rings is 1. The molecule has 4 unspecified atom stereocenters. The zero-order valence-corrected chi connectivity index (χ0v) is 18.7. The van der Waals surface area contributed by atoms with Crippen LogP contribution in [0.25, 0.3) is 10.6 Å². The van der Waals surface area contributed by atoms with E-state index in [4.69, 9.17) is 16.3 Å². The van der Waals surface area contributed by atoms with Crippen LogP contribution in [0.15, 0.2) is 24.8 Å². The molecule has 32 heavy (non-hydrogen) atoms. The van der Waals surface area contributed by atoms with E-state index in [0.29, 0.717) is 5.69 Å². The molecule has 11 heteroatoms. The Hall–Kier alpha value is -2.43. The van der Waals surface area contributed by atoms with E-state index in [0.717, 1.165) is 30.6 Å². The van der Waals surface area contributed by atoms with Gasteiger partial charge in [0, 0.05) is 18.9 Å². The van der Waals surface area contributed by atoms with E-state index in [1.54, 1.807) is 18.5 Å². The zero-order valence-electron chi connectivity index (χ0n) is 17.1. The Bertz CT molecular complexity index is 1030. The number of halogens is 1. The number of carbonyl (C=O) groups is 3. The number of ether oxygens (including phenoxy) is 1. The molecule has 168 valence electrons. The maximum absolute atomic E-state index is 13.6. The van der Waals surface area contributed by atoms with Crippen molar-refractivity contribution < 1.29 is 19.1 Å². The van der Waals surface area contributed by atoms with Gasteiger partial charge >= 0.3 is 0 Å². The van der Waals surface area contributed by atoms with Crippen LogP contribution < -0.4 is 5.32 Å². The molecule has 2 saturated heterocycles. The smallest absolute Gasteiger partial charge is 0.280 e. The van der Waals surface area contributed by atoms with Crippen molar-refractivity contribution in [1.29, 1.82) is 0 Å². The molecule has 4 atom stereocenters. The molecule has 0 bridgehead atoms. The second-order valence-corrected chi connectivity index (χ2v) is 9.90. The molecule has 1 saturated carbocycles. The minimum atomic E-state index is -0.729. The number of nitrogens with zero attached hydrogens (tertiary/aromatic N) is 4. The summed E-state index contributed by atoms with van der Waals surface area (Å²) in [5.74, 6) is -0.807. The molecule has 3 aliphatic rings. The standard InChI is InChI=1S/C21H22ClN5O4S/c22-12-8-27(17-14(28)9-31-18(12)17)21(30)16(11-3-1-2-4-11)26-19(29)20-24-7-15(32-20)13-5-6-23-10-25-13/h5-7,10-12,16-18H,1-4,8-9H2,(H,26,29). The topological polar surface area (TPSA) is 114 Å². The number of fused-ring (bicyclic) bond motifs is 1. The third kappa shape index (κ3) is 3.91. The average molecular weight is 476 g/mol. The molecule has 1 aliphatic carbocycles. The quantitative estimate of drug-likeness (QED) is 0.654. The molecule has 9 nitrogen and oxygen atoms in total. The third-order valence-electron chi connectivity index (χ3n) is 6.36. The lowest BCUT2D eigenvalue weighted by Crippen LogP contribution is -2.54. The SMILES string of the molecule is O=C(NC(C(=O)N1CC(Cl)C2OCC(=O)C21)C1CCCC1)c1ncc(-c2ccncn2)s1. The normalized spacial score (nSPS) is 26.3. The van der Waals surface area contributed by atoms with Crippen LogP contribution in [0.2, 0.25) is 0 Å². The van der Waals surface area contributed by atoms with Gasteiger partial charge in [-0.25, -0.2) is 15.0 Å². The highest BCUT2D eigenvalue weighted by Gasteiger charge is 2.53. The summed E-state index contributed by atoms with van der Waals surface area (Å²) >= 11 is 7.57. The van der Waals surface area contributed by atoms with Crippen LogP contribution in [0.5, 0.6) is 0 Å². The summed E-state index contributed by atoms with van der Waals surface area (Å²) in [4.78, 5) is 53.5. The van der Waals surface area contributed by atoms with E-state index >= 15 is 0 Å². The third-order valence-corrected chi connectivity index (χ3v) is 7.77. The number of hydrogen-bond donors (Lipinski definition) is 1. The van der Waals surface area contributed by atoms with Gasteiger partial charge in [0.05, 0.1) is 15.9 Å². The van der Waals surface area contributed by atoms with E-state index in [-0.39, 0.29) is 35.8 Å². The minimum absolute atomic E-state index is 0.0120. The van der Waals surface area contributed by atoms with Gasteiger partial charge in [-0.2, -0.15) is 0 Å². The van der Waals surface area contributed by atoms with Crippen molar-refractivity contribution >= 4 is 40.5 Å². The Morgan fingerprint density at radius 1 is 1.28 bits per heavy atom. The van der Waals surface area contributed by atoms with Crippen molar-refractivity contribution in [3.05, 3.63) is 29.8 Å².